The molecule has 1 aliphatic rings. The van der Waals surface area contributed by atoms with Crippen LogP contribution in [0.5, 0.6) is 5.75 Å². The van der Waals surface area contributed by atoms with Crippen LogP contribution in [0.3, 0.4) is 0 Å². The molecule has 1 aliphatic heterocycles. The van der Waals surface area contributed by atoms with Crippen LogP contribution in [0.15, 0.2) is 48.5 Å². The molecule has 1 atom stereocenters. The van der Waals surface area contributed by atoms with E-state index >= 15 is 0 Å². The Labute approximate surface area is 153 Å². The lowest BCUT2D eigenvalue weighted by Crippen LogP contribution is -2.33. The summed E-state index contributed by atoms with van der Waals surface area (Å²) in [6.07, 6.45) is 3.73. The van der Waals surface area contributed by atoms with Gasteiger partial charge in [-0.25, -0.2) is 0 Å². The highest BCUT2D eigenvalue weighted by Gasteiger charge is 2.25. The maximum Gasteiger partial charge on any atom is 0.118 e. The Balaban J connectivity index is 1.58. The first-order valence-corrected chi connectivity index (χ1v) is 9.26. The minimum atomic E-state index is 0.432. The van der Waals surface area contributed by atoms with Crippen molar-refractivity contribution in [3.8, 4) is 5.75 Å². The highest BCUT2D eigenvalue weighted by Crippen LogP contribution is 2.34. The van der Waals surface area contributed by atoms with Crippen LogP contribution in [0, 0.1) is 0 Å². The van der Waals surface area contributed by atoms with Crippen molar-refractivity contribution in [2.24, 2.45) is 0 Å². The molecule has 0 amide bonds. The molecule has 0 saturated carbocycles. The van der Waals surface area contributed by atoms with Crippen LogP contribution in [0.2, 0.25) is 5.02 Å². The molecular formula is C21H23ClN2O. The van der Waals surface area contributed by atoms with Gasteiger partial charge in [-0.15, -0.1) is 0 Å². The number of aromatic nitrogens is 1. The molecular weight excluding hydrogens is 332 g/mol. The van der Waals surface area contributed by atoms with E-state index in [4.69, 9.17) is 16.3 Å². The number of piperidine rings is 1. The van der Waals surface area contributed by atoms with Crippen molar-refractivity contribution in [2.75, 3.05) is 13.7 Å². The molecule has 4 rings (SSSR count). The van der Waals surface area contributed by atoms with Crippen LogP contribution in [0.1, 0.15) is 36.6 Å². The number of H-pyrrole nitrogens is 1. The van der Waals surface area contributed by atoms with Crippen molar-refractivity contribution in [2.45, 2.75) is 31.8 Å². The minimum Gasteiger partial charge on any atom is -0.497 e. The zero-order chi connectivity index (χ0) is 17.2. The van der Waals surface area contributed by atoms with Gasteiger partial charge in [-0.3, -0.25) is 4.90 Å². The van der Waals surface area contributed by atoms with Gasteiger partial charge in [0, 0.05) is 28.2 Å². The number of hydrogen-bond acceptors (Lipinski definition) is 2. The molecule has 0 radical (unpaired) electrons. The lowest BCUT2D eigenvalue weighted by molar-refractivity contribution is 0.138. The fourth-order valence-electron chi connectivity index (χ4n) is 3.80. The van der Waals surface area contributed by atoms with E-state index in [1.165, 1.54) is 35.9 Å². The first kappa shape index (κ1) is 16.5. The van der Waals surface area contributed by atoms with Gasteiger partial charge in [0.1, 0.15) is 5.75 Å². The van der Waals surface area contributed by atoms with Crippen LogP contribution >= 0.6 is 11.6 Å². The molecule has 1 aromatic heterocycles. The van der Waals surface area contributed by atoms with Crippen molar-refractivity contribution >= 4 is 22.5 Å². The largest absolute Gasteiger partial charge is 0.497 e. The Bertz CT molecular complexity index is 856. The normalized spacial score (nSPS) is 18.6. The Morgan fingerprint density at radius 1 is 1.12 bits per heavy atom. The molecule has 1 N–H and O–H groups in total. The van der Waals surface area contributed by atoms with E-state index in [1.807, 2.05) is 24.3 Å². The third kappa shape index (κ3) is 3.53. The summed E-state index contributed by atoms with van der Waals surface area (Å²) in [5.74, 6) is 0.909. The number of methoxy groups -OCH3 is 1. The molecule has 3 nitrogen and oxygen atoms in total. The molecule has 2 aromatic carbocycles. The summed E-state index contributed by atoms with van der Waals surface area (Å²) in [6, 6.07) is 17.1. The lowest BCUT2D eigenvalue weighted by Gasteiger charge is -2.35. The fourth-order valence-corrected chi connectivity index (χ4v) is 3.98. The zero-order valence-corrected chi connectivity index (χ0v) is 15.2. The van der Waals surface area contributed by atoms with Crippen molar-refractivity contribution < 1.29 is 4.74 Å². The third-order valence-corrected chi connectivity index (χ3v) is 5.36. The van der Waals surface area contributed by atoms with Crippen LogP contribution in [0.25, 0.3) is 10.9 Å². The molecule has 1 saturated heterocycles. The Kier molecular flexibility index (Phi) is 4.69. The number of nitrogens with one attached hydrogen (secondary N) is 1. The monoisotopic (exact) mass is 354 g/mol. The summed E-state index contributed by atoms with van der Waals surface area (Å²) in [6.45, 7) is 2.09. The standard InChI is InChI=1S/C21H23ClN2O/c1-25-18-8-5-15(6-9-18)14-24-11-3-2-4-21(24)20-13-16-12-17(22)7-10-19(16)23-20/h5-10,12-13,21,23H,2-4,11,14H2,1H3. The lowest BCUT2D eigenvalue weighted by atomic mass is 9.98. The van der Waals surface area contributed by atoms with Gasteiger partial charge in [0.05, 0.1) is 13.2 Å². The maximum atomic E-state index is 6.14. The van der Waals surface area contributed by atoms with Crippen LogP contribution in [-0.2, 0) is 6.54 Å². The molecule has 1 fully saturated rings. The van der Waals surface area contributed by atoms with Gasteiger partial charge < -0.3 is 9.72 Å². The quantitative estimate of drug-likeness (QED) is 0.664. The van der Waals surface area contributed by atoms with Crippen molar-refractivity contribution in [1.29, 1.82) is 0 Å². The van der Waals surface area contributed by atoms with E-state index in [9.17, 15) is 0 Å². The average Bonchev–Trinajstić information content (AvgIpc) is 3.06. The molecule has 130 valence electrons. The van der Waals surface area contributed by atoms with E-state index in [0.29, 0.717) is 6.04 Å². The van der Waals surface area contributed by atoms with E-state index in [-0.39, 0.29) is 0 Å². The van der Waals surface area contributed by atoms with Crippen molar-refractivity contribution in [1.82, 2.24) is 9.88 Å². The smallest absolute Gasteiger partial charge is 0.118 e. The molecule has 2 heterocycles. The van der Waals surface area contributed by atoms with E-state index < -0.39 is 0 Å². The number of rotatable bonds is 4. The molecule has 0 spiro atoms. The van der Waals surface area contributed by atoms with Gasteiger partial charge in [-0.05, 0) is 61.3 Å². The molecule has 4 heteroatoms. The van der Waals surface area contributed by atoms with Gasteiger partial charge in [0.15, 0.2) is 0 Å². The Morgan fingerprint density at radius 3 is 2.76 bits per heavy atom. The summed E-state index contributed by atoms with van der Waals surface area (Å²) in [5.41, 5.74) is 3.78. The van der Waals surface area contributed by atoms with Crippen molar-refractivity contribution in [3.63, 3.8) is 0 Å². The van der Waals surface area contributed by atoms with Gasteiger partial charge in [-0.2, -0.15) is 0 Å². The predicted molar refractivity (Wildman–Crippen MR) is 103 cm³/mol. The van der Waals surface area contributed by atoms with Crippen molar-refractivity contribution in [3.05, 3.63) is 64.8 Å². The van der Waals surface area contributed by atoms with E-state index in [0.717, 1.165) is 29.4 Å². The highest BCUT2D eigenvalue weighted by atomic mass is 35.5. The third-order valence-electron chi connectivity index (χ3n) is 5.12. The molecule has 3 aromatic rings. The van der Waals surface area contributed by atoms with Gasteiger partial charge in [0.2, 0.25) is 0 Å². The second-order valence-corrected chi connectivity index (χ2v) is 7.22. The Hall–Kier alpha value is -1.97. The molecule has 0 bridgehead atoms. The summed E-state index contributed by atoms with van der Waals surface area (Å²) in [4.78, 5) is 6.19. The number of fused-ring (bicyclic) bond motifs is 1. The fraction of sp³-hybridized carbons (Fsp3) is 0.333. The number of ether oxygens (including phenoxy) is 1. The Morgan fingerprint density at radius 2 is 1.96 bits per heavy atom. The summed E-state index contributed by atoms with van der Waals surface area (Å²) < 4.78 is 5.26. The number of likely N-dealkylation sites (tertiary alicyclic amines) is 1. The first-order valence-electron chi connectivity index (χ1n) is 8.88. The van der Waals surface area contributed by atoms with Gasteiger partial charge >= 0.3 is 0 Å². The highest BCUT2D eigenvalue weighted by molar-refractivity contribution is 6.31. The van der Waals surface area contributed by atoms with Crippen LogP contribution < -0.4 is 4.74 Å². The average molecular weight is 355 g/mol. The topological polar surface area (TPSA) is 28.3 Å². The van der Waals surface area contributed by atoms with Gasteiger partial charge in [0.25, 0.3) is 0 Å². The molecule has 0 aliphatic carbocycles. The maximum absolute atomic E-state index is 6.14. The summed E-state index contributed by atoms with van der Waals surface area (Å²) in [7, 11) is 1.71. The summed E-state index contributed by atoms with van der Waals surface area (Å²) in [5, 5.41) is 1.98. The second-order valence-electron chi connectivity index (χ2n) is 6.79. The van der Waals surface area contributed by atoms with Crippen LogP contribution in [0.4, 0.5) is 0 Å². The number of hydrogen-bond donors (Lipinski definition) is 1. The minimum absolute atomic E-state index is 0.432. The summed E-state index contributed by atoms with van der Waals surface area (Å²) >= 11 is 6.14. The number of halogens is 1. The SMILES string of the molecule is COc1ccc(CN2CCCCC2c2cc3cc(Cl)ccc3[nH]2)cc1. The zero-order valence-electron chi connectivity index (χ0n) is 14.5. The number of nitrogens with zero attached hydrogens (tertiary/aromatic N) is 1. The van der Waals surface area contributed by atoms with E-state index in [2.05, 4.69) is 34.1 Å². The van der Waals surface area contributed by atoms with E-state index in [1.54, 1.807) is 7.11 Å². The second kappa shape index (κ2) is 7.11. The van der Waals surface area contributed by atoms with Crippen LogP contribution in [-0.4, -0.2) is 23.5 Å². The molecule has 25 heavy (non-hydrogen) atoms. The molecule has 1 unspecified atom stereocenters. The predicted octanol–water partition coefficient (Wildman–Crippen LogP) is 5.56. The van der Waals surface area contributed by atoms with Gasteiger partial charge in [-0.1, -0.05) is 30.2 Å². The number of benzene rings is 2. The first-order chi connectivity index (χ1) is 12.2. The number of aromatic amines is 1.